The van der Waals surface area contributed by atoms with Gasteiger partial charge in [0.15, 0.2) is 0 Å². The van der Waals surface area contributed by atoms with Crippen molar-refractivity contribution in [3.05, 3.63) is 82.1 Å². The number of primary sulfonamides is 1. The summed E-state index contributed by atoms with van der Waals surface area (Å²) in [5.41, 5.74) is 2.20. The maximum atomic E-state index is 15.5. The van der Waals surface area contributed by atoms with Crippen LogP contribution in [-0.2, 0) is 27.7 Å². The number of aryl methyl sites for hydroxylation is 1. The quantitative estimate of drug-likeness (QED) is 0.554. The molecule has 0 aliphatic carbocycles. The number of nitrogens with zero attached hydrogens (tertiary/aromatic N) is 1. The van der Waals surface area contributed by atoms with E-state index in [1.807, 2.05) is 13.0 Å². The van der Waals surface area contributed by atoms with Gasteiger partial charge < -0.3 is 5.32 Å². The molecule has 32 heavy (non-hydrogen) atoms. The van der Waals surface area contributed by atoms with Crippen molar-refractivity contribution in [2.24, 2.45) is 5.14 Å². The summed E-state index contributed by atoms with van der Waals surface area (Å²) in [6.07, 6.45) is 0.275. The van der Waals surface area contributed by atoms with Crippen molar-refractivity contribution < 1.29 is 17.6 Å². The first-order valence-corrected chi connectivity index (χ1v) is 11.5. The maximum absolute atomic E-state index is 15.5. The van der Waals surface area contributed by atoms with Gasteiger partial charge in [0.2, 0.25) is 15.9 Å². The van der Waals surface area contributed by atoms with Crippen LogP contribution in [0.3, 0.4) is 0 Å². The summed E-state index contributed by atoms with van der Waals surface area (Å²) in [6, 6.07) is 15.2. The van der Waals surface area contributed by atoms with E-state index in [4.69, 9.17) is 16.7 Å². The van der Waals surface area contributed by atoms with Crippen molar-refractivity contribution >= 4 is 33.2 Å². The standard InChI is InChI=1S/C23H19ClFN3O3S/c1-2-15-4-5-16(23(25)22(15)19-11-14(13-26)3-10-20(19)24)12-21(29)28-17-6-8-18(9-7-17)32(27,30)31/h3-11H,2,12H2,1H3,(H,28,29)(H2,27,30,31). The molecule has 3 aromatic rings. The number of benzene rings is 3. The minimum Gasteiger partial charge on any atom is -0.326 e. The van der Waals surface area contributed by atoms with Gasteiger partial charge in [-0.2, -0.15) is 5.26 Å². The monoisotopic (exact) mass is 471 g/mol. The average molecular weight is 472 g/mol. The zero-order chi connectivity index (χ0) is 23.5. The summed E-state index contributed by atoms with van der Waals surface area (Å²) in [7, 11) is -3.84. The highest BCUT2D eigenvalue weighted by Gasteiger charge is 2.19. The van der Waals surface area contributed by atoms with Crippen LogP contribution in [0.1, 0.15) is 23.6 Å². The van der Waals surface area contributed by atoms with Crippen LogP contribution in [-0.4, -0.2) is 14.3 Å². The fourth-order valence-corrected chi connectivity index (χ4v) is 4.00. The molecular weight excluding hydrogens is 453 g/mol. The Balaban J connectivity index is 1.90. The van der Waals surface area contributed by atoms with Crippen LogP contribution in [0, 0.1) is 17.1 Å². The number of nitrogens with two attached hydrogens (primary N) is 1. The van der Waals surface area contributed by atoms with Crippen LogP contribution in [0.15, 0.2) is 59.5 Å². The lowest BCUT2D eigenvalue weighted by Crippen LogP contribution is -2.16. The Labute approximate surface area is 190 Å². The van der Waals surface area contributed by atoms with E-state index in [1.54, 1.807) is 24.3 Å². The molecule has 0 saturated heterocycles. The molecule has 9 heteroatoms. The lowest BCUT2D eigenvalue weighted by molar-refractivity contribution is -0.115. The third-order valence-electron chi connectivity index (χ3n) is 4.87. The molecule has 0 atom stereocenters. The van der Waals surface area contributed by atoms with Gasteiger partial charge in [-0.1, -0.05) is 30.7 Å². The van der Waals surface area contributed by atoms with Crippen molar-refractivity contribution in [2.75, 3.05) is 5.32 Å². The molecule has 164 valence electrons. The van der Waals surface area contributed by atoms with E-state index < -0.39 is 21.7 Å². The predicted octanol–water partition coefficient (Wildman–Crippen LogP) is 4.41. The maximum Gasteiger partial charge on any atom is 0.238 e. The Morgan fingerprint density at radius 1 is 1.12 bits per heavy atom. The molecule has 3 rings (SSSR count). The van der Waals surface area contributed by atoms with Crippen molar-refractivity contribution in [1.29, 1.82) is 5.26 Å². The predicted molar refractivity (Wildman–Crippen MR) is 121 cm³/mol. The zero-order valence-electron chi connectivity index (χ0n) is 17.0. The van der Waals surface area contributed by atoms with E-state index in [9.17, 15) is 18.5 Å². The highest BCUT2D eigenvalue weighted by atomic mass is 35.5. The summed E-state index contributed by atoms with van der Waals surface area (Å²) in [5.74, 6) is -1.07. The zero-order valence-corrected chi connectivity index (χ0v) is 18.6. The summed E-state index contributed by atoms with van der Waals surface area (Å²) in [5, 5.41) is 17.2. The molecule has 0 heterocycles. The van der Waals surface area contributed by atoms with E-state index in [0.717, 1.165) is 0 Å². The third-order valence-corrected chi connectivity index (χ3v) is 6.13. The van der Waals surface area contributed by atoms with Crippen LogP contribution in [0.25, 0.3) is 11.1 Å². The van der Waals surface area contributed by atoms with Gasteiger partial charge in [0, 0.05) is 21.8 Å². The number of hydrogen-bond donors (Lipinski definition) is 2. The van der Waals surface area contributed by atoms with Crippen molar-refractivity contribution in [2.45, 2.75) is 24.7 Å². The van der Waals surface area contributed by atoms with Gasteiger partial charge in [-0.15, -0.1) is 0 Å². The minimum atomic E-state index is -3.84. The van der Waals surface area contributed by atoms with Gasteiger partial charge in [0.1, 0.15) is 5.82 Å². The first-order chi connectivity index (χ1) is 15.1. The van der Waals surface area contributed by atoms with E-state index in [1.165, 1.54) is 30.3 Å². The number of anilines is 1. The first kappa shape index (κ1) is 23.4. The number of rotatable bonds is 6. The molecule has 3 aromatic carbocycles. The van der Waals surface area contributed by atoms with Crippen LogP contribution >= 0.6 is 11.6 Å². The second kappa shape index (κ2) is 9.49. The fourth-order valence-electron chi connectivity index (χ4n) is 3.27. The first-order valence-electron chi connectivity index (χ1n) is 9.57. The Kier molecular flexibility index (Phi) is 6.94. The molecular formula is C23H19ClFN3O3S. The molecule has 0 unspecified atom stereocenters. The molecule has 0 aliphatic heterocycles. The van der Waals surface area contributed by atoms with Gasteiger partial charge in [-0.05, 0) is 60.0 Å². The molecule has 0 aromatic heterocycles. The number of amides is 1. The fraction of sp³-hybridized carbons (Fsp3) is 0.130. The Morgan fingerprint density at radius 3 is 2.38 bits per heavy atom. The van der Waals surface area contributed by atoms with Crippen molar-refractivity contribution in [3.8, 4) is 17.2 Å². The molecule has 0 fully saturated rings. The molecule has 0 saturated carbocycles. The van der Waals surface area contributed by atoms with Gasteiger partial charge in [0.25, 0.3) is 0 Å². The molecule has 6 nitrogen and oxygen atoms in total. The van der Waals surface area contributed by atoms with Gasteiger partial charge in [0.05, 0.1) is 22.9 Å². The smallest absolute Gasteiger partial charge is 0.238 e. The Morgan fingerprint density at radius 2 is 1.78 bits per heavy atom. The number of carbonyl (C=O) groups is 1. The van der Waals surface area contributed by atoms with Crippen LogP contribution in [0.2, 0.25) is 5.02 Å². The number of hydrogen-bond acceptors (Lipinski definition) is 4. The number of nitrogens with one attached hydrogen (secondary N) is 1. The van der Waals surface area contributed by atoms with E-state index in [-0.39, 0.29) is 22.4 Å². The van der Waals surface area contributed by atoms with Crippen molar-refractivity contribution in [3.63, 3.8) is 0 Å². The topological polar surface area (TPSA) is 113 Å². The normalized spacial score (nSPS) is 11.1. The lowest BCUT2D eigenvalue weighted by Gasteiger charge is -2.15. The van der Waals surface area contributed by atoms with Crippen LogP contribution in [0.4, 0.5) is 10.1 Å². The molecule has 0 bridgehead atoms. The molecule has 0 spiro atoms. The van der Waals surface area contributed by atoms with E-state index in [0.29, 0.717) is 33.8 Å². The summed E-state index contributed by atoms with van der Waals surface area (Å²) in [6.45, 7) is 1.87. The summed E-state index contributed by atoms with van der Waals surface area (Å²) < 4.78 is 38.2. The van der Waals surface area contributed by atoms with Gasteiger partial charge in [-0.25, -0.2) is 17.9 Å². The highest BCUT2D eigenvalue weighted by Crippen LogP contribution is 2.35. The van der Waals surface area contributed by atoms with E-state index >= 15 is 4.39 Å². The molecule has 0 radical (unpaired) electrons. The Hall–Kier alpha value is -3.25. The lowest BCUT2D eigenvalue weighted by atomic mass is 9.93. The number of sulfonamides is 1. The number of halogens is 2. The SMILES string of the molecule is CCc1ccc(CC(=O)Nc2ccc(S(N)(=O)=O)cc2)c(F)c1-c1cc(C#N)ccc1Cl. The summed E-state index contributed by atoms with van der Waals surface area (Å²) >= 11 is 6.29. The van der Waals surface area contributed by atoms with Crippen molar-refractivity contribution in [1.82, 2.24) is 0 Å². The number of nitriles is 1. The second-order valence-electron chi connectivity index (χ2n) is 7.03. The van der Waals surface area contributed by atoms with Crippen LogP contribution in [0.5, 0.6) is 0 Å². The van der Waals surface area contributed by atoms with Gasteiger partial charge >= 0.3 is 0 Å². The molecule has 3 N–H and O–H groups in total. The third kappa shape index (κ3) is 5.14. The van der Waals surface area contributed by atoms with E-state index in [2.05, 4.69) is 5.32 Å². The largest absolute Gasteiger partial charge is 0.326 e. The van der Waals surface area contributed by atoms with Crippen LogP contribution < -0.4 is 10.5 Å². The van der Waals surface area contributed by atoms with Gasteiger partial charge in [-0.3, -0.25) is 4.79 Å². The Bertz CT molecular complexity index is 1330. The number of carbonyl (C=O) groups excluding carboxylic acids is 1. The molecule has 0 aliphatic rings. The molecule has 1 amide bonds. The summed E-state index contributed by atoms with van der Waals surface area (Å²) in [4.78, 5) is 12.4. The second-order valence-corrected chi connectivity index (χ2v) is 9.00. The minimum absolute atomic E-state index is 0.0854. The highest BCUT2D eigenvalue weighted by molar-refractivity contribution is 7.89. The average Bonchev–Trinajstić information content (AvgIpc) is 2.75.